The smallest absolute Gasteiger partial charge is 0.0961 e. The predicted octanol–water partition coefficient (Wildman–Crippen LogP) is 7.39. The molecule has 0 bridgehead atoms. The van der Waals surface area contributed by atoms with Gasteiger partial charge in [-0.05, 0) is 51.3 Å². The Bertz CT molecular complexity index is 1070. The molecular weight excluding hydrogens is 376 g/mol. The van der Waals surface area contributed by atoms with Gasteiger partial charge in [-0.2, -0.15) is 0 Å². The molecule has 1 unspecified atom stereocenters. The first-order valence-corrected chi connectivity index (χ1v) is 11.2. The second-order valence-electron chi connectivity index (χ2n) is 10.5. The highest BCUT2D eigenvalue weighted by molar-refractivity contribution is 5.72. The first-order valence-electron chi connectivity index (χ1n) is 11.2. The van der Waals surface area contributed by atoms with Gasteiger partial charge < -0.3 is 0 Å². The maximum absolute atomic E-state index is 3.69. The summed E-state index contributed by atoms with van der Waals surface area (Å²) < 4.78 is 0. The second-order valence-corrected chi connectivity index (χ2v) is 10.5. The zero-order valence-electron chi connectivity index (χ0n) is 19.6. The van der Waals surface area contributed by atoms with E-state index in [1.165, 1.54) is 22.3 Å². The zero-order valence-corrected chi connectivity index (χ0v) is 19.6. The van der Waals surface area contributed by atoms with Crippen LogP contribution in [0.4, 0.5) is 5.69 Å². The Balaban J connectivity index is 1.87. The maximum atomic E-state index is 3.69. The van der Waals surface area contributed by atoms with Crippen molar-refractivity contribution >= 4 is 11.4 Å². The van der Waals surface area contributed by atoms with Crippen molar-refractivity contribution in [3.8, 4) is 0 Å². The van der Waals surface area contributed by atoms with E-state index in [1.54, 1.807) is 0 Å². The highest BCUT2D eigenvalue weighted by atomic mass is 15.5. The number of nitrogens with zero attached hydrogens (tertiary/aromatic N) is 1. The third kappa shape index (κ3) is 4.39. The summed E-state index contributed by atoms with van der Waals surface area (Å²) in [5.41, 5.74) is 11.5. The number of nitrogens with one attached hydrogen (secondary N) is 1. The van der Waals surface area contributed by atoms with E-state index in [9.17, 15) is 0 Å². The van der Waals surface area contributed by atoms with E-state index in [2.05, 4.69) is 137 Å². The number of anilines is 1. The summed E-state index contributed by atoms with van der Waals surface area (Å²) in [6, 6.07) is 28.4. The van der Waals surface area contributed by atoms with Crippen LogP contribution < -0.4 is 10.4 Å². The fourth-order valence-electron chi connectivity index (χ4n) is 4.22. The number of para-hydroxylation sites is 1. The average Bonchev–Trinajstić information content (AvgIpc) is 3.19. The molecule has 0 saturated heterocycles. The van der Waals surface area contributed by atoms with Gasteiger partial charge in [-0.1, -0.05) is 108 Å². The lowest BCUT2D eigenvalue weighted by molar-refractivity contribution is 0.557. The van der Waals surface area contributed by atoms with Crippen LogP contribution >= 0.6 is 0 Å². The van der Waals surface area contributed by atoms with Crippen LogP contribution in [-0.2, 0) is 10.8 Å². The molecule has 0 aliphatic carbocycles. The minimum atomic E-state index is 0.0439. The van der Waals surface area contributed by atoms with Crippen LogP contribution in [-0.4, -0.2) is 0 Å². The number of rotatable bonds is 3. The van der Waals surface area contributed by atoms with Gasteiger partial charge in [-0.15, -0.1) is 0 Å². The van der Waals surface area contributed by atoms with E-state index in [0.717, 1.165) is 11.4 Å². The van der Waals surface area contributed by atoms with E-state index in [0.29, 0.717) is 0 Å². The Kier molecular flexibility index (Phi) is 5.43. The molecule has 3 aromatic carbocycles. The molecule has 1 aliphatic heterocycles. The molecule has 4 rings (SSSR count). The molecule has 0 saturated carbocycles. The summed E-state index contributed by atoms with van der Waals surface area (Å²) in [4.78, 5) is 0. The van der Waals surface area contributed by atoms with Crippen LogP contribution in [0.2, 0.25) is 0 Å². The van der Waals surface area contributed by atoms with Crippen LogP contribution in [0.5, 0.6) is 0 Å². The summed E-state index contributed by atoms with van der Waals surface area (Å²) >= 11 is 0. The van der Waals surface area contributed by atoms with Gasteiger partial charge in [-0.3, -0.25) is 10.4 Å². The minimum Gasteiger partial charge on any atom is -0.297 e. The normalized spacial score (nSPS) is 16.8. The molecule has 2 heteroatoms. The van der Waals surface area contributed by atoms with Crippen molar-refractivity contribution in [2.75, 3.05) is 5.01 Å². The molecule has 0 spiro atoms. The first kappa shape index (κ1) is 21.2. The largest absolute Gasteiger partial charge is 0.297 e. The van der Waals surface area contributed by atoms with Crippen molar-refractivity contribution < 1.29 is 0 Å². The molecule has 1 atom stereocenters. The van der Waals surface area contributed by atoms with Crippen LogP contribution in [0.3, 0.4) is 0 Å². The van der Waals surface area contributed by atoms with Crippen LogP contribution in [0.25, 0.3) is 5.70 Å². The van der Waals surface area contributed by atoms with E-state index in [4.69, 9.17) is 0 Å². The lowest BCUT2D eigenvalue weighted by atomic mass is 9.77. The van der Waals surface area contributed by atoms with Gasteiger partial charge in [-0.25, -0.2) is 0 Å². The molecule has 0 amide bonds. The maximum Gasteiger partial charge on any atom is 0.0961 e. The third-order valence-corrected chi connectivity index (χ3v) is 6.01. The van der Waals surface area contributed by atoms with Gasteiger partial charge in [0.1, 0.15) is 0 Å². The van der Waals surface area contributed by atoms with E-state index in [1.807, 2.05) is 0 Å². The third-order valence-electron chi connectivity index (χ3n) is 6.01. The Hall–Kier alpha value is -3.00. The fraction of sp³-hybridized carbons (Fsp3) is 0.310. The molecule has 0 fully saturated rings. The molecule has 2 nitrogen and oxygen atoms in total. The lowest BCUT2D eigenvalue weighted by Crippen LogP contribution is -2.35. The Morgan fingerprint density at radius 2 is 1.32 bits per heavy atom. The summed E-state index contributed by atoms with van der Waals surface area (Å²) in [6.07, 6.45) is 2.36. The van der Waals surface area contributed by atoms with Gasteiger partial charge in [0.2, 0.25) is 0 Å². The molecule has 3 aromatic rings. The van der Waals surface area contributed by atoms with E-state index < -0.39 is 0 Å². The number of benzene rings is 3. The standard InChI is InChI=1S/C29H34N2/c1-28(2,3)22-17-18-24(25(19-22)29(4,5)6)27-20-26(21-13-9-7-10-14-21)30-31(27)23-15-11-8-12-16-23/h7-20,27,30H,1-6H3. The van der Waals surface area contributed by atoms with Crippen LogP contribution in [0, 0.1) is 0 Å². The molecular formula is C29H34N2. The van der Waals surface area contributed by atoms with Crippen molar-refractivity contribution in [3.63, 3.8) is 0 Å². The minimum absolute atomic E-state index is 0.0439. The van der Waals surface area contributed by atoms with Crippen molar-refractivity contribution in [2.24, 2.45) is 0 Å². The van der Waals surface area contributed by atoms with Crippen molar-refractivity contribution in [1.82, 2.24) is 5.43 Å². The van der Waals surface area contributed by atoms with Gasteiger partial charge in [0, 0.05) is 0 Å². The number of hydrogen-bond donors (Lipinski definition) is 1. The average molecular weight is 411 g/mol. The topological polar surface area (TPSA) is 15.3 Å². The molecule has 31 heavy (non-hydrogen) atoms. The summed E-state index contributed by atoms with van der Waals surface area (Å²) in [5.74, 6) is 0. The van der Waals surface area contributed by atoms with Crippen molar-refractivity contribution in [3.05, 3.63) is 107 Å². The molecule has 0 radical (unpaired) electrons. The predicted molar refractivity (Wildman–Crippen MR) is 133 cm³/mol. The summed E-state index contributed by atoms with van der Waals surface area (Å²) in [7, 11) is 0. The molecule has 160 valence electrons. The van der Waals surface area contributed by atoms with E-state index in [-0.39, 0.29) is 16.9 Å². The first-order chi connectivity index (χ1) is 14.6. The van der Waals surface area contributed by atoms with Crippen molar-refractivity contribution in [1.29, 1.82) is 0 Å². The van der Waals surface area contributed by atoms with Crippen LogP contribution in [0.1, 0.15) is 69.8 Å². The molecule has 1 N–H and O–H groups in total. The van der Waals surface area contributed by atoms with Gasteiger partial charge in [0.25, 0.3) is 0 Å². The molecule has 1 aliphatic rings. The lowest BCUT2D eigenvalue weighted by Gasteiger charge is -2.33. The number of hydrogen-bond acceptors (Lipinski definition) is 2. The quantitative estimate of drug-likeness (QED) is 0.484. The fourth-order valence-corrected chi connectivity index (χ4v) is 4.22. The second kappa shape index (κ2) is 7.92. The molecule has 0 aromatic heterocycles. The molecule has 1 heterocycles. The Morgan fingerprint density at radius 1 is 0.710 bits per heavy atom. The highest BCUT2D eigenvalue weighted by Gasteiger charge is 2.32. The van der Waals surface area contributed by atoms with Gasteiger partial charge >= 0.3 is 0 Å². The monoisotopic (exact) mass is 410 g/mol. The van der Waals surface area contributed by atoms with Gasteiger partial charge in [0.05, 0.1) is 17.4 Å². The highest BCUT2D eigenvalue weighted by Crippen LogP contribution is 2.40. The van der Waals surface area contributed by atoms with E-state index >= 15 is 0 Å². The van der Waals surface area contributed by atoms with Crippen LogP contribution in [0.15, 0.2) is 84.9 Å². The zero-order chi connectivity index (χ0) is 22.2. The Labute approximate surface area is 187 Å². The van der Waals surface area contributed by atoms with Crippen molar-refractivity contribution in [2.45, 2.75) is 58.4 Å². The van der Waals surface area contributed by atoms with Gasteiger partial charge in [0.15, 0.2) is 0 Å². The summed E-state index contributed by atoms with van der Waals surface area (Å²) in [6.45, 7) is 13.8. The summed E-state index contributed by atoms with van der Waals surface area (Å²) in [5, 5.41) is 2.30. The number of hydrazine groups is 1. The Morgan fingerprint density at radius 3 is 1.90 bits per heavy atom. The SMILES string of the molecule is CC(C)(C)c1ccc(C2C=C(c3ccccc3)NN2c2ccccc2)c(C(C)(C)C)c1.